The molecule has 4 rings (SSSR count). The van der Waals surface area contributed by atoms with Gasteiger partial charge in [-0.25, -0.2) is 0 Å². The molecule has 0 bridgehead atoms. The van der Waals surface area contributed by atoms with Gasteiger partial charge >= 0.3 is 5.97 Å². The number of aliphatic hydroxyl groups excluding tert-OH is 1. The number of carbonyl (C=O) groups is 2. The highest BCUT2D eigenvalue weighted by Gasteiger charge is 2.59. The van der Waals surface area contributed by atoms with E-state index in [4.69, 9.17) is 4.74 Å². The van der Waals surface area contributed by atoms with Crippen LogP contribution >= 0.6 is 0 Å². The predicted octanol–water partition coefficient (Wildman–Crippen LogP) is 3.20. The van der Waals surface area contributed by atoms with E-state index >= 15 is 0 Å². The number of fused-ring (bicyclic) bond motifs is 5. The first-order chi connectivity index (χ1) is 11.8. The Morgan fingerprint density at radius 1 is 1.24 bits per heavy atom. The summed E-state index contributed by atoms with van der Waals surface area (Å²) >= 11 is 0. The van der Waals surface area contributed by atoms with Gasteiger partial charge in [0.25, 0.3) is 0 Å². The molecule has 0 heterocycles. The lowest BCUT2D eigenvalue weighted by atomic mass is 9.47. The van der Waals surface area contributed by atoms with Gasteiger partial charge in [-0.1, -0.05) is 31.6 Å². The van der Waals surface area contributed by atoms with Crippen LogP contribution in [0.3, 0.4) is 0 Å². The van der Waals surface area contributed by atoms with E-state index in [-0.39, 0.29) is 40.5 Å². The van der Waals surface area contributed by atoms with Crippen molar-refractivity contribution in [2.45, 2.75) is 65.1 Å². The predicted molar refractivity (Wildman–Crippen MR) is 93.6 cm³/mol. The fraction of sp³-hybridized carbons (Fsp3) is 0.714. The van der Waals surface area contributed by atoms with Gasteiger partial charge in [0, 0.05) is 18.8 Å². The minimum atomic E-state index is -0.524. The molecule has 2 fully saturated rings. The van der Waals surface area contributed by atoms with Gasteiger partial charge in [-0.05, 0) is 54.9 Å². The van der Waals surface area contributed by atoms with Crippen molar-refractivity contribution in [3.63, 3.8) is 0 Å². The molecule has 0 aromatic carbocycles. The highest BCUT2D eigenvalue weighted by molar-refractivity contribution is 5.97. The average Bonchev–Trinajstić information content (AvgIpc) is 2.84. The van der Waals surface area contributed by atoms with Crippen LogP contribution in [0.4, 0.5) is 0 Å². The molecule has 0 amide bonds. The normalized spacial score (nSPS) is 48.2. The van der Waals surface area contributed by atoms with E-state index in [0.717, 1.165) is 32.1 Å². The van der Waals surface area contributed by atoms with Crippen LogP contribution in [0.15, 0.2) is 23.8 Å². The number of allylic oxidation sites excluding steroid dienone is 2. The van der Waals surface area contributed by atoms with Gasteiger partial charge in [-0.15, -0.1) is 0 Å². The van der Waals surface area contributed by atoms with Crippen molar-refractivity contribution in [1.29, 1.82) is 0 Å². The van der Waals surface area contributed by atoms with Crippen molar-refractivity contribution in [1.82, 2.24) is 0 Å². The summed E-state index contributed by atoms with van der Waals surface area (Å²) in [6, 6.07) is 0. The Balaban J connectivity index is 1.66. The van der Waals surface area contributed by atoms with Crippen LogP contribution in [-0.4, -0.2) is 29.1 Å². The molecule has 4 nitrogen and oxygen atoms in total. The van der Waals surface area contributed by atoms with E-state index in [2.05, 4.69) is 19.9 Å². The molecule has 0 spiro atoms. The molecule has 0 aromatic heterocycles. The molecular formula is C21H28O4. The van der Waals surface area contributed by atoms with E-state index in [1.54, 1.807) is 6.08 Å². The number of aliphatic hydroxyl groups is 1. The third-order valence-electron chi connectivity index (χ3n) is 7.69. The van der Waals surface area contributed by atoms with Crippen molar-refractivity contribution < 1.29 is 19.4 Å². The second-order valence-electron chi connectivity index (χ2n) is 8.96. The molecule has 1 N–H and O–H groups in total. The van der Waals surface area contributed by atoms with Crippen molar-refractivity contribution in [3.05, 3.63) is 23.8 Å². The zero-order valence-electron chi connectivity index (χ0n) is 15.3. The van der Waals surface area contributed by atoms with Gasteiger partial charge in [0.15, 0.2) is 5.78 Å². The monoisotopic (exact) mass is 344 g/mol. The molecule has 0 aliphatic heterocycles. The van der Waals surface area contributed by atoms with Gasteiger partial charge in [0.1, 0.15) is 6.10 Å². The third-order valence-corrected chi connectivity index (χ3v) is 7.69. The standard InChI is InChI=1S/C21H28O4/c1-12(22)25-14-6-8-20(2)13(10-14)11-17(23)19-15-4-5-18(24)21(15,3)9-7-16(19)20/h4-5,11,14-17,19,23H,6-10H2,1-3H3/t14?,15-,16-,17+,19-,20-,21-/m0/s1. The minimum absolute atomic E-state index is 0.0430. The van der Waals surface area contributed by atoms with Crippen LogP contribution in [-0.2, 0) is 14.3 Å². The first-order valence-corrected chi connectivity index (χ1v) is 9.55. The summed E-state index contributed by atoms with van der Waals surface area (Å²) < 4.78 is 5.44. The SMILES string of the molecule is CC(=O)OC1CC[C@@]2(C)C(=C[C@@H](O)[C@@H]3[C@@H]2CC[C@]2(C)C(=O)C=C[C@@H]32)C1. The quantitative estimate of drug-likeness (QED) is 0.586. The summed E-state index contributed by atoms with van der Waals surface area (Å²) in [5.74, 6) is 0.623. The number of hydrogen-bond donors (Lipinski definition) is 1. The Labute approximate surface area is 149 Å². The van der Waals surface area contributed by atoms with Gasteiger partial charge in [-0.3, -0.25) is 9.59 Å². The van der Waals surface area contributed by atoms with Crippen LogP contribution in [0.5, 0.6) is 0 Å². The maximum atomic E-state index is 12.4. The Bertz CT molecular complexity index is 677. The van der Waals surface area contributed by atoms with E-state index in [9.17, 15) is 14.7 Å². The number of rotatable bonds is 1. The lowest BCUT2D eigenvalue weighted by Crippen LogP contribution is -2.55. The van der Waals surface area contributed by atoms with Gasteiger partial charge in [0.2, 0.25) is 0 Å². The average molecular weight is 344 g/mol. The van der Waals surface area contributed by atoms with Gasteiger partial charge in [-0.2, -0.15) is 0 Å². The Morgan fingerprint density at radius 2 is 1.96 bits per heavy atom. The van der Waals surface area contributed by atoms with Crippen LogP contribution in [0, 0.1) is 28.6 Å². The van der Waals surface area contributed by atoms with Crippen molar-refractivity contribution in [3.8, 4) is 0 Å². The van der Waals surface area contributed by atoms with E-state index in [0.29, 0.717) is 5.92 Å². The second kappa shape index (κ2) is 5.54. The van der Waals surface area contributed by atoms with E-state index in [1.165, 1.54) is 12.5 Å². The number of hydrogen-bond acceptors (Lipinski definition) is 4. The van der Waals surface area contributed by atoms with Crippen molar-refractivity contribution >= 4 is 11.8 Å². The molecule has 7 atom stereocenters. The third kappa shape index (κ3) is 2.37. The molecule has 2 saturated carbocycles. The number of ether oxygens (including phenoxy) is 1. The number of esters is 1. The van der Waals surface area contributed by atoms with Crippen molar-refractivity contribution in [2.75, 3.05) is 0 Å². The number of carbonyl (C=O) groups excluding carboxylic acids is 2. The molecule has 136 valence electrons. The van der Waals surface area contributed by atoms with Gasteiger partial charge in [0.05, 0.1) is 6.10 Å². The summed E-state index contributed by atoms with van der Waals surface area (Å²) in [7, 11) is 0. The highest BCUT2D eigenvalue weighted by Crippen LogP contribution is 2.62. The van der Waals surface area contributed by atoms with E-state index in [1.807, 2.05) is 6.08 Å². The molecule has 1 unspecified atom stereocenters. The molecule has 0 saturated heterocycles. The summed E-state index contributed by atoms with van der Waals surface area (Å²) in [5.41, 5.74) is 0.954. The highest BCUT2D eigenvalue weighted by atomic mass is 16.5. The smallest absolute Gasteiger partial charge is 0.302 e. The Hall–Kier alpha value is -1.42. The van der Waals surface area contributed by atoms with Crippen LogP contribution in [0.2, 0.25) is 0 Å². The molecule has 0 radical (unpaired) electrons. The van der Waals surface area contributed by atoms with Crippen LogP contribution in [0.1, 0.15) is 52.9 Å². The zero-order chi connectivity index (χ0) is 18.0. The van der Waals surface area contributed by atoms with Crippen molar-refractivity contribution in [2.24, 2.45) is 28.6 Å². The fourth-order valence-electron chi connectivity index (χ4n) is 6.23. The summed E-state index contributed by atoms with van der Waals surface area (Å²) in [6.45, 7) is 5.84. The maximum absolute atomic E-state index is 12.4. The Kier molecular flexibility index (Phi) is 3.77. The number of ketones is 1. The molecular weight excluding hydrogens is 316 g/mol. The zero-order valence-corrected chi connectivity index (χ0v) is 15.3. The van der Waals surface area contributed by atoms with Gasteiger partial charge < -0.3 is 9.84 Å². The Morgan fingerprint density at radius 3 is 2.68 bits per heavy atom. The summed E-state index contributed by atoms with van der Waals surface area (Å²) in [6.07, 6.45) is 9.67. The lowest BCUT2D eigenvalue weighted by molar-refractivity contribution is -0.149. The fourth-order valence-corrected chi connectivity index (χ4v) is 6.23. The second-order valence-corrected chi connectivity index (χ2v) is 8.96. The summed E-state index contributed by atoms with van der Waals surface area (Å²) in [4.78, 5) is 23.7. The topological polar surface area (TPSA) is 63.6 Å². The lowest BCUT2D eigenvalue weighted by Gasteiger charge is -2.57. The maximum Gasteiger partial charge on any atom is 0.302 e. The molecule has 4 heteroatoms. The largest absolute Gasteiger partial charge is 0.462 e. The van der Waals surface area contributed by atoms with Crippen LogP contribution < -0.4 is 0 Å². The van der Waals surface area contributed by atoms with E-state index < -0.39 is 6.10 Å². The summed E-state index contributed by atoms with van der Waals surface area (Å²) in [5, 5.41) is 10.9. The minimum Gasteiger partial charge on any atom is -0.462 e. The molecule has 0 aromatic rings. The molecule has 25 heavy (non-hydrogen) atoms. The first kappa shape index (κ1) is 17.0. The van der Waals surface area contributed by atoms with Crippen LogP contribution in [0.25, 0.3) is 0 Å². The molecule has 4 aliphatic rings. The first-order valence-electron chi connectivity index (χ1n) is 9.55. The molecule has 4 aliphatic carbocycles.